The van der Waals surface area contributed by atoms with Gasteiger partial charge in [-0.2, -0.15) is 0 Å². The smallest absolute Gasteiger partial charge is 0.162 e. The van der Waals surface area contributed by atoms with Crippen molar-refractivity contribution in [3.63, 3.8) is 0 Å². The molecule has 1 aliphatic heterocycles. The minimum absolute atomic E-state index is 0.0421. The molecule has 1 unspecified atom stereocenters. The molecule has 4 aliphatic carbocycles. The second kappa shape index (κ2) is 2.29. The predicted octanol–water partition coefficient (Wildman–Crippen LogP) is 1.41. The van der Waals surface area contributed by atoms with Gasteiger partial charge in [-0.05, 0) is 19.3 Å². The maximum atomic E-state index is 11.5. The number of carbonyl (C=O) groups excluding carboxylic acids is 1. The minimum atomic E-state index is -0.748. The number of ether oxygens (including phenoxy) is 1. The van der Waals surface area contributed by atoms with Crippen LogP contribution in [0.3, 0.4) is 0 Å². The number of aldehydes is 1. The van der Waals surface area contributed by atoms with E-state index < -0.39 is 11.7 Å². The maximum Gasteiger partial charge on any atom is 0.162 e. The second-order valence-electron chi connectivity index (χ2n) is 5.90. The Labute approximate surface area is 94.5 Å². The summed E-state index contributed by atoms with van der Waals surface area (Å²) >= 11 is 0. The lowest BCUT2D eigenvalue weighted by atomic mass is 9.36. The lowest BCUT2D eigenvalue weighted by molar-refractivity contribution is -0.224. The summed E-state index contributed by atoms with van der Waals surface area (Å²) in [4.78, 5) is 11.5. The van der Waals surface area contributed by atoms with Gasteiger partial charge in [-0.25, -0.2) is 0 Å². The first-order valence-corrected chi connectivity index (χ1v) is 6.15. The van der Waals surface area contributed by atoms with Crippen molar-refractivity contribution in [2.45, 2.75) is 44.5 Å². The highest BCUT2D eigenvalue weighted by Crippen LogP contribution is 2.88. The van der Waals surface area contributed by atoms with Crippen molar-refractivity contribution in [3.05, 3.63) is 12.2 Å². The Morgan fingerprint density at radius 1 is 1.44 bits per heavy atom. The molecule has 5 atom stereocenters. The van der Waals surface area contributed by atoms with Crippen molar-refractivity contribution in [2.24, 2.45) is 16.2 Å². The molecule has 0 aromatic rings. The zero-order valence-electron chi connectivity index (χ0n) is 9.24. The largest absolute Gasteiger partial charge is 0.367 e. The second-order valence-corrected chi connectivity index (χ2v) is 5.90. The monoisotopic (exact) mass is 220 g/mol. The molecule has 1 N–H and O–H groups in total. The molecule has 3 nitrogen and oxygen atoms in total. The van der Waals surface area contributed by atoms with Gasteiger partial charge in [-0.3, -0.25) is 0 Å². The first kappa shape index (κ1) is 9.37. The molecule has 1 saturated heterocycles. The zero-order valence-corrected chi connectivity index (χ0v) is 9.24. The summed E-state index contributed by atoms with van der Waals surface area (Å²) in [5, 5.41) is 10.2. The first-order valence-electron chi connectivity index (χ1n) is 6.15. The summed E-state index contributed by atoms with van der Waals surface area (Å²) in [5.74, 6) is 0. The molecule has 0 aromatic carbocycles. The van der Waals surface area contributed by atoms with E-state index in [1.165, 1.54) is 6.42 Å². The van der Waals surface area contributed by atoms with Crippen LogP contribution in [0.2, 0.25) is 0 Å². The molecule has 0 radical (unpaired) electrons. The lowest BCUT2D eigenvalue weighted by Gasteiger charge is -2.65. The molecule has 4 bridgehead atoms. The number of hydrogen-bond acceptors (Lipinski definition) is 3. The minimum Gasteiger partial charge on any atom is -0.367 e. The van der Waals surface area contributed by atoms with Crippen LogP contribution in [0.25, 0.3) is 0 Å². The summed E-state index contributed by atoms with van der Waals surface area (Å²) in [6.07, 6.45) is 5.32. The molecule has 86 valence electrons. The van der Waals surface area contributed by atoms with Gasteiger partial charge in [0.25, 0.3) is 0 Å². The molecular weight excluding hydrogens is 204 g/mol. The quantitative estimate of drug-likeness (QED) is 0.537. The number of carbonyl (C=O) groups is 1. The number of aliphatic hydroxyl groups excluding tert-OH is 1. The van der Waals surface area contributed by atoms with Crippen molar-refractivity contribution >= 4 is 6.29 Å². The van der Waals surface area contributed by atoms with Crippen LogP contribution in [0.4, 0.5) is 0 Å². The Hall–Kier alpha value is -0.670. The molecule has 5 fully saturated rings. The highest BCUT2D eigenvalue weighted by atomic mass is 16.6. The van der Waals surface area contributed by atoms with E-state index in [1.54, 1.807) is 0 Å². The van der Waals surface area contributed by atoms with E-state index in [0.717, 1.165) is 37.5 Å². The van der Waals surface area contributed by atoms with E-state index in [-0.39, 0.29) is 16.9 Å². The molecule has 1 spiro atoms. The van der Waals surface area contributed by atoms with Crippen LogP contribution in [-0.4, -0.2) is 23.8 Å². The molecule has 5 aliphatic rings. The summed E-state index contributed by atoms with van der Waals surface area (Å²) in [6.45, 7) is 4.15. The van der Waals surface area contributed by atoms with Gasteiger partial charge in [0, 0.05) is 10.8 Å². The summed E-state index contributed by atoms with van der Waals surface area (Å²) in [6, 6.07) is 0. The molecule has 5 rings (SSSR count). The van der Waals surface area contributed by atoms with Crippen molar-refractivity contribution in [1.29, 1.82) is 0 Å². The third-order valence-corrected chi connectivity index (χ3v) is 6.03. The van der Waals surface area contributed by atoms with E-state index in [2.05, 4.69) is 6.58 Å². The van der Waals surface area contributed by atoms with E-state index in [9.17, 15) is 9.90 Å². The van der Waals surface area contributed by atoms with Gasteiger partial charge in [-0.15, -0.1) is 0 Å². The van der Waals surface area contributed by atoms with Crippen LogP contribution in [0.15, 0.2) is 12.2 Å². The van der Waals surface area contributed by atoms with Gasteiger partial charge in [0.15, 0.2) is 6.29 Å². The van der Waals surface area contributed by atoms with Gasteiger partial charge in [0.05, 0.1) is 11.5 Å². The standard InChI is InChI=1S/C13H16O3/c1-8-11(7-14)6-9-12(8)4-2-3-5-13(11,12)10(15)16-9/h7,9-10,15H,1-6H2/t9-,10?,11-,12+,13+/m0/s1. The summed E-state index contributed by atoms with van der Waals surface area (Å²) in [7, 11) is 0. The summed E-state index contributed by atoms with van der Waals surface area (Å²) in [5.41, 5.74) is 0.208. The predicted molar refractivity (Wildman–Crippen MR) is 56.5 cm³/mol. The van der Waals surface area contributed by atoms with Crippen LogP contribution < -0.4 is 0 Å². The molecule has 0 aromatic heterocycles. The van der Waals surface area contributed by atoms with E-state index in [4.69, 9.17) is 4.74 Å². The molecule has 0 amide bonds. The topological polar surface area (TPSA) is 46.5 Å². The number of hydrogen-bond donors (Lipinski definition) is 1. The Bertz CT molecular complexity index is 417. The highest BCUT2D eigenvalue weighted by molar-refractivity contribution is 5.77. The molecule has 16 heavy (non-hydrogen) atoms. The molecule has 3 heteroatoms. The third kappa shape index (κ3) is 0.522. The highest BCUT2D eigenvalue weighted by Gasteiger charge is 2.90. The van der Waals surface area contributed by atoms with Crippen molar-refractivity contribution in [1.82, 2.24) is 0 Å². The third-order valence-electron chi connectivity index (χ3n) is 6.03. The first-order chi connectivity index (χ1) is 7.66. The Morgan fingerprint density at radius 2 is 2.19 bits per heavy atom. The fraction of sp³-hybridized carbons (Fsp3) is 0.769. The Kier molecular flexibility index (Phi) is 1.34. The van der Waals surface area contributed by atoms with Gasteiger partial charge in [0.1, 0.15) is 6.29 Å². The van der Waals surface area contributed by atoms with Crippen molar-refractivity contribution in [3.8, 4) is 0 Å². The van der Waals surface area contributed by atoms with Crippen LogP contribution in [0.1, 0.15) is 32.1 Å². The van der Waals surface area contributed by atoms with Gasteiger partial charge < -0.3 is 14.6 Å². The van der Waals surface area contributed by atoms with Crippen LogP contribution >= 0.6 is 0 Å². The average Bonchev–Trinajstić information content (AvgIpc) is 2.80. The average molecular weight is 220 g/mol. The Morgan fingerprint density at radius 3 is 2.94 bits per heavy atom. The van der Waals surface area contributed by atoms with Gasteiger partial charge in [0.2, 0.25) is 0 Å². The zero-order chi connectivity index (χ0) is 11.2. The van der Waals surface area contributed by atoms with Crippen LogP contribution in [-0.2, 0) is 9.53 Å². The van der Waals surface area contributed by atoms with E-state index >= 15 is 0 Å². The normalized spacial score (nSPS) is 61.7. The number of aliphatic hydroxyl groups is 1. The summed E-state index contributed by atoms with van der Waals surface area (Å²) < 4.78 is 5.68. The molecular formula is C13H16O3. The van der Waals surface area contributed by atoms with Crippen molar-refractivity contribution < 1.29 is 14.6 Å². The fourth-order valence-corrected chi connectivity index (χ4v) is 5.54. The van der Waals surface area contributed by atoms with Crippen LogP contribution in [0.5, 0.6) is 0 Å². The van der Waals surface area contributed by atoms with E-state index in [1.807, 2.05) is 0 Å². The van der Waals surface area contributed by atoms with E-state index in [0.29, 0.717) is 0 Å². The van der Waals surface area contributed by atoms with Gasteiger partial charge in [-0.1, -0.05) is 25.0 Å². The fourth-order valence-electron chi connectivity index (χ4n) is 5.54. The van der Waals surface area contributed by atoms with Crippen molar-refractivity contribution in [2.75, 3.05) is 0 Å². The Balaban J connectivity index is 1.99. The maximum absolute atomic E-state index is 11.5. The SMILES string of the molecule is C=C1[C@@]2(C=O)C[C@@H]3OC(O)[C@]24CCCC[C@@]134. The lowest BCUT2D eigenvalue weighted by Crippen LogP contribution is -2.66. The van der Waals surface area contributed by atoms with Crippen LogP contribution in [0, 0.1) is 16.2 Å². The number of rotatable bonds is 1. The molecule has 1 heterocycles. The van der Waals surface area contributed by atoms with Gasteiger partial charge >= 0.3 is 0 Å². The molecule has 4 saturated carbocycles.